The van der Waals surface area contributed by atoms with Crippen LogP contribution in [0, 0.1) is 12.8 Å². The summed E-state index contributed by atoms with van der Waals surface area (Å²) in [6.07, 6.45) is 8.00. The first-order chi connectivity index (χ1) is 4.46. The van der Waals surface area contributed by atoms with Crippen LogP contribution >= 0.6 is 0 Å². The normalized spacial score (nSPS) is 6.50. The van der Waals surface area contributed by atoms with Crippen molar-refractivity contribution in [2.24, 2.45) is 0 Å². The van der Waals surface area contributed by atoms with E-state index >= 15 is 0 Å². The Labute approximate surface area is 75.8 Å². The van der Waals surface area contributed by atoms with Gasteiger partial charge >= 0.3 is 34.6 Å². The van der Waals surface area contributed by atoms with Crippen molar-refractivity contribution in [2.75, 3.05) is 0 Å². The van der Waals surface area contributed by atoms with Crippen LogP contribution < -0.4 is 0 Å². The van der Waals surface area contributed by atoms with Crippen LogP contribution in [0.25, 0.3) is 0 Å². The van der Waals surface area contributed by atoms with Gasteiger partial charge in [-0.05, 0) is 0 Å². The molecule has 0 amide bonds. The Morgan fingerprint density at radius 1 is 0.900 bits per heavy atom. The van der Waals surface area contributed by atoms with Crippen molar-refractivity contribution >= 4 is 28.6 Å². The van der Waals surface area contributed by atoms with Crippen LogP contribution in [0.5, 0.6) is 0 Å². The Bertz CT molecular complexity index is 46.0. The Kier molecular flexibility index (Phi) is 27.5. The molecule has 0 fully saturated rings. The van der Waals surface area contributed by atoms with E-state index in [1.807, 2.05) is 0 Å². The van der Waals surface area contributed by atoms with Crippen LogP contribution in [-0.4, -0.2) is 28.6 Å². The van der Waals surface area contributed by atoms with Gasteiger partial charge in [-0.15, -0.1) is 12.8 Å². The maximum atomic E-state index is 4.00. The molecule has 0 aromatic rings. The van der Waals surface area contributed by atoms with E-state index in [9.17, 15) is 0 Å². The van der Waals surface area contributed by atoms with E-state index < -0.39 is 19.8 Å². The zero-order valence-corrected chi connectivity index (χ0v) is 12.0. The van der Waals surface area contributed by atoms with Gasteiger partial charge in [-0.1, -0.05) is 19.6 Å². The molecule has 0 atom stereocenters. The van der Waals surface area contributed by atoms with Gasteiger partial charge < -0.3 is 0 Å². The molecule has 1 radical (unpaired) electrons. The summed E-state index contributed by atoms with van der Waals surface area (Å²) in [6, 6.07) is 0. The minimum absolute atomic E-state index is 0.120. The summed E-state index contributed by atoms with van der Waals surface area (Å²) in [5, 5.41) is 0. The fourth-order valence-corrected chi connectivity index (χ4v) is 0. The average molecular weight is 263 g/mol. The molecule has 0 heterocycles. The third-order valence-electron chi connectivity index (χ3n) is 0. The van der Waals surface area contributed by atoms with Crippen LogP contribution in [0.2, 0.25) is 34.5 Å². The van der Waals surface area contributed by atoms with Crippen LogP contribution in [0.3, 0.4) is 0 Å². The summed E-state index contributed by atoms with van der Waals surface area (Å²) < 4.78 is 0. The van der Waals surface area contributed by atoms with E-state index in [0.29, 0.717) is 0 Å². The Balaban J connectivity index is -0.0000000787. The molecule has 0 unspecified atom stereocenters. The van der Waals surface area contributed by atoms with Gasteiger partial charge in [0.05, 0.1) is 0 Å². The molecular weight excluding hydrogens is 243 g/mol. The molecule has 0 N–H and O–H groups in total. The molecule has 0 spiro atoms. The van der Waals surface area contributed by atoms with E-state index in [-0.39, 0.29) is 8.80 Å². The van der Waals surface area contributed by atoms with Gasteiger partial charge in [0, 0.05) is 8.80 Å². The molecule has 0 saturated heterocycles. The summed E-state index contributed by atoms with van der Waals surface area (Å²) in [6.45, 7) is 6.81. The first-order valence-electron chi connectivity index (χ1n) is 3.33. The van der Waals surface area contributed by atoms with Crippen molar-refractivity contribution in [1.82, 2.24) is 0 Å². The van der Waals surface area contributed by atoms with Gasteiger partial charge in [0.2, 0.25) is 0 Å². The zero-order valence-electron chi connectivity index (χ0n) is 8.15. The standard InChI is InChI=1S/C3H9Si.C2H2.3CH3.Sn/c1-4(2)3;1-2;;;;/h1-3H3;1-2H;3*1H3;/q;;;;;+1. The van der Waals surface area contributed by atoms with E-state index in [4.69, 9.17) is 0 Å². The van der Waals surface area contributed by atoms with E-state index in [1.54, 1.807) is 0 Å². The number of terminal acetylenes is 1. The van der Waals surface area contributed by atoms with Crippen LogP contribution in [-0.2, 0) is 0 Å². The first-order valence-corrected chi connectivity index (χ1v) is 14.9. The molecule has 0 aliphatic carbocycles. The summed E-state index contributed by atoms with van der Waals surface area (Å²) >= 11 is -0.543. The third-order valence-corrected chi connectivity index (χ3v) is 0. The van der Waals surface area contributed by atoms with E-state index in [0.717, 1.165) is 0 Å². The Morgan fingerprint density at radius 3 is 0.900 bits per heavy atom. The minimum atomic E-state index is -0.543. The topological polar surface area (TPSA) is 0 Å². The Morgan fingerprint density at radius 2 is 0.900 bits per heavy atom. The van der Waals surface area contributed by atoms with Gasteiger partial charge in [0.1, 0.15) is 0 Å². The fraction of sp³-hybridized carbons (Fsp3) is 0.750. The van der Waals surface area contributed by atoms with Crippen molar-refractivity contribution in [1.29, 1.82) is 0 Å². The summed E-state index contributed by atoms with van der Waals surface area (Å²) in [7, 11) is 0.120. The number of hydrogen-bond acceptors (Lipinski definition) is 0. The van der Waals surface area contributed by atoms with Gasteiger partial charge in [-0.3, -0.25) is 0 Å². The summed E-state index contributed by atoms with van der Waals surface area (Å²) in [5.74, 6) is 0. The average Bonchev–Trinajstić information content (AvgIpc) is 1.66. The zero-order chi connectivity index (χ0) is 9.15. The quantitative estimate of drug-likeness (QED) is 0.465. The molecule has 0 bridgehead atoms. The molecule has 0 saturated carbocycles. The second-order valence-corrected chi connectivity index (χ2v) is 14.6. The molecule has 0 aromatic heterocycles. The summed E-state index contributed by atoms with van der Waals surface area (Å²) in [4.78, 5) is 7.09. The molecular formula is C8H20SiSn+. The van der Waals surface area contributed by atoms with Crippen LogP contribution in [0.4, 0.5) is 0 Å². The molecule has 0 aromatic carbocycles. The van der Waals surface area contributed by atoms with Crippen molar-refractivity contribution in [3.8, 4) is 12.8 Å². The Hall–Kier alpha value is 0.576. The monoisotopic (exact) mass is 264 g/mol. The molecule has 0 aliphatic heterocycles. The van der Waals surface area contributed by atoms with E-state index in [2.05, 4.69) is 47.3 Å². The fourth-order valence-electron chi connectivity index (χ4n) is 0. The molecule has 0 aliphatic rings. The molecule has 0 rings (SSSR count). The van der Waals surface area contributed by atoms with Gasteiger partial charge in [0.25, 0.3) is 0 Å². The van der Waals surface area contributed by atoms with Gasteiger partial charge in [0.15, 0.2) is 0 Å². The van der Waals surface area contributed by atoms with Gasteiger partial charge in [-0.2, -0.15) is 0 Å². The molecule has 10 heavy (non-hydrogen) atoms. The summed E-state index contributed by atoms with van der Waals surface area (Å²) in [5.41, 5.74) is 0. The number of hydrogen-bond donors (Lipinski definition) is 0. The molecule has 59 valence electrons. The SMILES string of the molecule is C#C.C[Si](C)C.[CH3][Sn+]([CH3])[CH3]. The van der Waals surface area contributed by atoms with Crippen LogP contribution in [0.15, 0.2) is 0 Å². The predicted molar refractivity (Wildman–Crippen MR) is 56.6 cm³/mol. The molecule has 0 nitrogen and oxygen atoms in total. The predicted octanol–water partition coefficient (Wildman–Crippen LogP) is 2.99. The van der Waals surface area contributed by atoms with Crippen molar-refractivity contribution in [3.05, 3.63) is 0 Å². The van der Waals surface area contributed by atoms with E-state index in [1.165, 1.54) is 0 Å². The first kappa shape index (κ1) is 16.9. The van der Waals surface area contributed by atoms with Crippen molar-refractivity contribution < 1.29 is 0 Å². The van der Waals surface area contributed by atoms with Gasteiger partial charge in [-0.25, -0.2) is 0 Å². The van der Waals surface area contributed by atoms with Crippen molar-refractivity contribution in [2.45, 2.75) is 34.5 Å². The second kappa shape index (κ2) is 16.3. The number of rotatable bonds is 0. The molecule has 2 heteroatoms. The van der Waals surface area contributed by atoms with Crippen LogP contribution in [0.1, 0.15) is 0 Å². The second-order valence-electron chi connectivity index (χ2n) is 3.00. The maximum absolute atomic E-state index is 4.00. The third kappa shape index (κ3) is 1490. The van der Waals surface area contributed by atoms with Crippen molar-refractivity contribution in [3.63, 3.8) is 0 Å².